The van der Waals surface area contributed by atoms with Crippen molar-refractivity contribution in [1.82, 2.24) is 9.97 Å². The van der Waals surface area contributed by atoms with E-state index in [-0.39, 0.29) is 21.9 Å². The van der Waals surface area contributed by atoms with Gasteiger partial charge in [-0.2, -0.15) is 0 Å². The Labute approximate surface area is 127 Å². The Morgan fingerprint density at radius 3 is 2.25 bits per heavy atom. The first-order valence-electron chi connectivity index (χ1n) is 5.73. The summed E-state index contributed by atoms with van der Waals surface area (Å²) in [5.74, 6) is -0.195. The molecule has 0 unspecified atom stereocenters. The van der Waals surface area contributed by atoms with E-state index in [1.807, 2.05) is 31.2 Å². The Bertz CT molecular complexity index is 738. The lowest BCUT2D eigenvalue weighted by Crippen LogP contribution is -2.06. The molecule has 0 fully saturated rings. The number of halogens is 2. The molecule has 0 spiro atoms. The maximum absolute atomic E-state index is 11.3. The fourth-order valence-corrected chi connectivity index (χ4v) is 3.03. The molecule has 0 bridgehead atoms. The predicted octanol–water partition coefficient (Wildman–Crippen LogP) is 3.30. The highest BCUT2D eigenvalue weighted by molar-refractivity contribution is 7.89. The molecule has 106 valence electrons. The van der Waals surface area contributed by atoms with Crippen molar-refractivity contribution in [3.8, 4) is 11.1 Å². The third-order valence-electron chi connectivity index (χ3n) is 2.57. The molecule has 4 nitrogen and oxygen atoms in total. The molecule has 0 radical (unpaired) electrons. The lowest BCUT2D eigenvalue weighted by atomic mass is 10.1. The van der Waals surface area contributed by atoms with E-state index < -0.39 is 9.84 Å². The van der Waals surface area contributed by atoms with Crippen LogP contribution in [0, 0.1) is 6.92 Å². The van der Waals surface area contributed by atoms with Crippen molar-refractivity contribution in [3.63, 3.8) is 0 Å². The van der Waals surface area contributed by atoms with Gasteiger partial charge in [0.1, 0.15) is 21.9 Å². The number of nitrogens with zero attached hydrogens (tertiary/aromatic N) is 2. The summed E-state index contributed by atoms with van der Waals surface area (Å²) < 4.78 is 22.5. The van der Waals surface area contributed by atoms with E-state index in [0.717, 1.165) is 17.4 Å². The summed E-state index contributed by atoms with van der Waals surface area (Å²) in [6.07, 6.45) is 1.10. The van der Waals surface area contributed by atoms with E-state index in [9.17, 15) is 8.42 Å². The van der Waals surface area contributed by atoms with E-state index in [1.165, 1.54) is 0 Å². The molecule has 0 aliphatic rings. The van der Waals surface area contributed by atoms with Crippen LogP contribution in [-0.2, 0) is 15.6 Å². The zero-order valence-electron chi connectivity index (χ0n) is 10.9. The summed E-state index contributed by atoms with van der Waals surface area (Å²) in [7, 11) is -3.24. The average Bonchev–Trinajstić information content (AvgIpc) is 2.25. The Morgan fingerprint density at radius 2 is 1.75 bits per heavy atom. The Balaban J connectivity index is 2.52. The average molecular weight is 331 g/mol. The molecule has 0 amide bonds. The molecule has 2 aromatic rings. The minimum atomic E-state index is -3.24. The van der Waals surface area contributed by atoms with Crippen LogP contribution in [0.25, 0.3) is 11.1 Å². The smallest absolute Gasteiger partial charge is 0.154 e. The lowest BCUT2D eigenvalue weighted by molar-refractivity contribution is 0.599. The number of hydrogen-bond acceptors (Lipinski definition) is 4. The normalized spacial score (nSPS) is 11.6. The topological polar surface area (TPSA) is 59.9 Å². The van der Waals surface area contributed by atoms with Crippen LogP contribution >= 0.6 is 23.2 Å². The van der Waals surface area contributed by atoms with Crippen LogP contribution < -0.4 is 0 Å². The summed E-state index contributed by atoms with van der Waals surface area (Å²) >= 11 is 12.2. The van der Waals surface area contributed by atoms with E-state index in [4.69, 9.17) is 23.2 Å². The quantitative estimate of drug-likeness (QED) is 0.810. The zero-order valence-corrected chi connectivity index (χ0v) is 13.2. The van der Waals surface area contributed by atoms with Crippen molar-refractivity contribution in [2.24, 2.45) is 0 Å². The van der Waals surface area contributed by atoms with Crippen molar-refractivity contribution >= 4 is 33.0 Å². The van der Waals surface area contributed by atoms with E-state index >= 15 is 0 Å². The standard InChI is InChI=1S/C13H12Cl2N2O2S/c1-8-4-3-5-9(6-8)11-12(14)16-10(17-13(11)15)7-20(2,18)19/h3-6H,7H2,1-2H3. The third kappa shape index (κ3) is 3.69. The van der Waals surface area contributed by atoms with Crippen molar-refractivity contribution in [3.05, 3.63) is 46.0 Å². The predicted molar refractivity (Wildman–Crippen MR) is 80.8 cm³/mol. The summed E-state index contributed by atoms with van der Waals surface area (Å²) in [5.41, 5.74) is 2.36. The van der Waals surface area contributed by atoms with Gasteiger partial charge in [-0.05, 0) is 12.5 Å². The van der Waals surface area contributed by atoms with Crippen LogP contribution in [-0.4, -0.2) is 24.6 Å². The van der Waals surface area contributed by atoms with Gasteiger partial charge in [-0.1, -0.05) is 53.0 Å². The van der Waals surface area contributed by atoms with Gasteiger partial charge in [0, 0.05) is 6.26 Å². The Morgan fingerprint density at radius 1 is 1.15 bits per heavy atom. The molecule has 0 saturated carbocycles. The maximum Gasteiger partial charge on any atom is 0.154 e. The van der Waals surface area contributed by atoms with E-state index in [2.05, 4.69) is 9.97 Å². The van der Waals surface area contributed by atoms with E-state index in [1.54, 1.807) is 0 Å². The molecule has 1 aromatic heterocycles. The first kappa shape index (κ1) is 15.2. The molecule has 1 heterocycles. The highest BCUT2D eigenvalue weighted by Gasteiger charge is 2.16. The van der Waals surface area contributed by atoms with E-state index in [0.29, 0.717) is 5.56 Å². The zero-order chi connectivity index (χ0) is 14.9. The van der Waals surface area contributed by atoms with Crippen LogP contribution in [0.5, 0.6) is 0 Å². The monoisotopic (exact) mass is 330 g/mol. The van der Waals surface area contributed by atoms with Crippen molar-refractivity contribution in [2.75, 3.05) is 6.26 Å². The van der Waals surface area contributed by atoms with Crippen LogP contribution in [0.15, 0.2) is 24.3 Å². The van der Waals surface area contributed by atoms with Gasteiger partial charge < -0.3 is 0 Å². The summed E-state index contributed by atoms with van der Waals surface area (Å²) in [4.78, 5) is 8.03. The van der Waals surface area contributed by atoms with Crippen LogP contribution in [0.1, 0.15) is 11.4 Å². The first-order chi connectivity index (χ1) is 9.26. The number of rotatable bonds is 3. The number of aromatic nitrogens is 2. The molecule has 1 aromatic carbocycles. The molecule has 0 aliphatic carbocycles. The summed E-state index contributed by atoms with van der Waals surface area (Å²) in [6.45, 7) is 1.95. The van der Waals surface area contributed by atoms with Gasteiger partial charge >= 0.3 is 0 Å². The molecule has 0 saturated heterocycles. The largest absolute Gasteiger partial charge is 0.229 e. The maximum atomic E-state index is 11.3. The molecule has 2 rings (SSSR count). The first-order valence-corrected chi connectivity index (χ1v) is 8.54. The van der Waals surface area contributed by atoms with Gasteiger partial charge in [0.2, 0.25) is 0 Å². The van der Waals surface area contributed by atoms with Crippen molar-refractivity contribution < 1.29 is 8.42 Å². The lowest BCUT2D eigenvalue weighted by Gasteiger charge is -2.08. The number of benzene rings is 1. The van der Waals surface area contributed by atoms with Gasteiger partial charge in [0.05, 0.1) is 5.56 Å². The fraction of sp³-hybridized carbons (Fsp3) is 0.231. The van der Waals surface area contributed by atoms with Crippen LogP contribution in [0.4, 0.5) is 0 Å². The second kappa shape index (κ2) is 5.68. The van der Waals surface area contributed by atoms with Gasteiger partial charge in [0.15, 0.2) is 9.84 Å². The summed E-state index contributed by atoms with van der Waals surface area (Å²) in [5, 5.41) is 0.295. The molecule has 20 heavy (non-hydrogen) atoms. The highest BCUT2D eigenvalue weighted by Crippen LogP contribution is 2.32. The van der Waals surface area contributed by atoms with Gasteiger partial charge in [-0.15, -0.1) is 0 Å². The second-order valence-corrected chi connectivity index (χ2v) is 7.39. The number of sulfone groups is 1. The fourth-order valence-electron chi connectivity index (χ4n) is 1.79. The molecular formula is C13H12Cl2N2O2S. The molecule has 7 heteroatoms. The minimum Gasteiger partial charge on any atom is -0.229 e. The number of aryl methyl sites for hydroxylation is 1. The van der Waals surface area contributed by atoms with Gasteiger partial charge in [-0.3, -0.25) is 0 Å². The van der Waals surface area contributed by atoms with Gasteiger partial charge in [0.25, 0.3) is 0 Å². The van der Waals surface area contributed by atoms with Crippen molar-refractivity contribution in [2.45, 2.75) is 12.7 Å². The SMILES string of the molecule is Cc1cccc(-c2c(Cl)nc(CS(C)(=O)=O)nc2Cl)c1. The molecule has 0 N–H and O–H groups in total. The van der Waals surface area contributed by atoms with Crippen LogP contribution in [0.2, 0.25) is 10.3 Å². The molecule has 0 atom stereocenters. The second-order valence-electron chi connectivity index (χ2n) is 4.54. The van der Waals surface area contributed by atoms with Crippen molar-refractivity contribution in [1.29, 1.82) is 0 Å². The summed E-state index contributed by atoms with van der Waals surface area (Å²) in [6, 6.07) is 7.58. The Kier molecular flexibility index (Phi) is 4.32. The van der Waals surface area contributed by atoms with Gasteiger partial charge in [-0.25, -0.2) is 18.4 Å². The minimum absolute atomic E-state index is 0.0962. The molecule has 0 aliphatic heterocycles. The molecular weight excluding hydrogens is 319 g/mol. The number of hydrogen-bond donors (Lipinski definition) is 0. The van der Waals surface area contributed by atoms with Crippen LogP contribution in [0.3, 0.4) is 0 Å². The Hall–Kier alpha value is -1.17. The third-order valence-corrected chi connectivity index (χ3v) is 3.89. The highest BCUT2D eigenvalue weighted by atomic mass is 35.5.